The van der Waals surface area contributed by atoms with Crippen LogP contribution in [0.15, 0.2) is 61.2 Å². The summed E-state index contributed by atoms with van der Waals surface area (Å²) < 4.78 is 125. The molecule has 0 saturated carbocycles. The maximum atomic E-state index is 13.7. The Morgan fingerprint density at radius 1 is 0.854 bits per heavy atom. The first kappa shape index (κ1) is 35.0. The number of halogens is 9. The van der Waals surface area contributed by atoms with Gasteiger partial charge in [-0.25, -0.2) is 9.97 Å². The van der Waals surface area contributed by atoms with Crippen LogP contribution < -0.4 is 9.80 Å². The second-order valence-electron chi connectivity index (χ2n) is 11.8. The van der Waals surface area contributed by atoms with Crippen molar-refractivity contribution in [2.24, 2.45) is 7.05 Å². The third-order valence-electron chi connectivity index (χ3n) is 8.35. The lowest BCUT2D eigenvalue weighted by molar-refractivity contribution is -0.143. The molecule has 258 valence electrons. The number of aliphatic hydroxyl groups excluding tert-OH is 1. The normalized spacial score (nSPS) is 18.0. The Labute approximate surface area is 269 Å². The Morgan fingerprint density at radius 3 is 1.96 bits per heavy atom. The maximum absolute atomic E-state index is 13.7. The van der Waals surface area contributed by atoms with E-state index in [2.05, 4.69) is 15.1 Å². The molecule has 0 radical (unpaired) electrons. The summed E-state index contributed by atoms with van der Waals surface area (Å²) in [7, 11) is 1.71. The molecule has 48 heavy (non-hydrogen) atoms. The zero-order valence-electron chi connectivity index (χ0n) is 25.9. The minimum Gasteiger partial charge on any atom is -0.389 e. The lowest BCUT2D eigenvalue weighted by Crippen LogP contribution is -2.39. The molecule has 0 bridgehead atoms. The number of hydrogen-bond acceptors (Lipinski definition) is 6. The number of alkyl halides is 9. The number of nitrogens with zero attached hydrogens (tertiary/aromatic N) is 6. The Balaban J connectivity index is 1.57. The summed E-state index contributed by atoms with van der Waals surface area (Å²) in [6.45, 7) is 2.84. The van der Waals surface area contributed by atoms with E-state index < -0.39 is 53.9 Å². The fourth-order valence-electron chi connectivity index (χ4n) is 5.99. The number of benzene rings is 2. The lowest BCUT2D eigenvalue weighted by atomic mass is 10.0. The number of rotatable bonds is 8. The number of aryl methyl sites for hydroxylation is 1. The van der Waals surface area contributed by atoms with E-state index in [0.29, 0.717) is 41.8 Å². The van der Waals surface area contributed by atoms with E-state index in [-0.39, 0.29) is 35.7 Å². The van der Waals surface area contributed by atoms with E-state index in [1.165, 1.54) is 30.3 Å². The van der Waals surface area contributed by atoms with E-state index in [1.807, 2.05) is 6.92 Å². The molecule has 0 aliphatic carbocycles. The molecule has 16 heteroatoms. The van der Waals surface area contributed by atoms with Gasteiger partial charge in [0.15, 0.2) is 0 Å². The highest BCUT2D eigenvalue weighted by Gasteiger charge is 2.40. The molecule has 7 nitrogen and oxygen atoms in total. The molecule has 1 saturated heterocycles. The summed E-state index contributed by atoms with van der Waals surface area (Å²) in [5.74, 6) is 0.0264. The Kier molecular flexibility index (Phi) is 9.43. The molecule has 0 amide bonds. The average Bonchev–Trinajstić information content (AvgIpc) is 3.64. The molecule has 3 atom stereocenters. The van der Waals surface area contributed by atoms with Crippen LogP contribution in [-0.2, 0) is 32.1 Å². The van der Waals surface area contributed by atoms with Crippen molar-refractivity contribution in [3.05, 3.63) is 89.0 Å². The second kappa shape index (κ2) is 12.9. The van der Waals surface area contributed by atoms with Gasteiger partial charge in [-0.1, -0.05) is 6.92 Å². The van der Waals surface area contributed by atoms with Crippen molar-refractivity contribution in [1.29, 1.82) is 0 Å². The molecular weight excluding hydrogens is 655 g/mol. The standard InChI is InChI=1S/C32H31F9N6O/c1-4-25-11-26(17-46(25)28-6-5-22(30(33,34)35)10-27(28)18(2)48)47(29-42-12-20(13-43-29)21-14-44-45(3)16-21)15-19-7-23(31(36,37)38)9-24(8-19)32(39,40)41/h5-10,12-14,16,18,25-26,48H,4,11,15,17H2,1-3H3. The van der Waals surface area contributed by atoms with Crippen molar-refractivity contribution in [2.75, 3.05) is 16.3 Å². The molecule has 3 heterocycles. The summed E-state index contributed by atoms with van der Waals surface area (Å²) in [6.07, 6.45) is -9.02. The summed E-state index contributed by atoms with van der Waals surface area (Å²) in [4.78, 5) is 12.2. The van der Waals surface area contributed by atoms with Crippen LogP contribution >= 0.6 is 0 Å². The van der Waals surface area contributed by atoms with Gasteiger partial charge in [0.1, 0.15) is 0 Å². The molecule has 5 rings (SSSR count). The van der Waals surface area contributed by atoms with Crippen molar-refractivity contribution in [3.63, 3.8) is 0 Å². The van der Waals surface area contributed by atoms with Crippen LogP contribution in [0.3, 0.4) is 0 Å². The average molecular weight is 687 g/mol. The van der Waals surface area contributed by atoms with Gasteiger partial charge in [0.05, 0.1) is 35.0 Å². The van der Waals surface area contributed by atoms with E-state index in [9.17, 15) is 44.6 Å². The summed E-state index contributed by atoms with van der Waals surface area (Å²) in [5, 5.41) is 14.6. The molecule has 1 N–H and O–H groups in total. The highest BCUT2D eigenvalue weighted by molar-refractivity contribution is 5.61. The predicted octanol–water partition coefficient (Wildman–Crippen LogP) is 8.05. The molecule has 2 aromatic carbocycles. The number of aromatic nitrogens is 4. The van der Waals surface area contributed by atoms with Crippen LogP contribution in [0.4, 0.5) is 51.1 Å². The Hall–Kier alpha value is -4.34. The van der Waals surface area contributed by atoms with Crippen LogP contribution in [0.25, 0.3) is 11.1 Å². The van der Waals surface area contributed by atoms with Crippen molar-refractivity contribution in [1.82, 2.24) is 19.7 Å². The van der Waals surface area contributed by atoms with E-state index in [4.69, 9.17) is 0 Å². The van der Waals surface area contributed by atoms with Gasteiger partial charge in [0.2, 0.25) is 5.95 Å². The minimum absolute atomic E-state index is 0.0264. The highest BCUT2D eigenvalue weighted by atomic mass is 19.4. The van der Waals surface area contributed by atoms with Crippen molar-refractivity contribution in [2.45, 2.75) is 70.0 Å². The van der Waals surface area contributed by atoms with Crippen molar-refractivity contribution >= 4 is 11.6 Å². The predicted molar refractivity (Wildman–Crippen MR) is 159 cm³/mol. The van der Waals surface area contributed by atoms with E-state index in [1.54, 1.807) is 29.0 Å². The number of aliphatic hydroxyl groups is 1. The zero-order valence-corrected chi connectivity index (χ0v) is 25.9. The molecule has 3 unspecified atom stereocenters. The van der Waals surface area contributed by atoms with Crippen LogP contribution in [0.2, 0.25) is 0 Å². The van der Waals surface area contributed by atoms with Crippen LogP contribution in [0.1, 0.15) is 60.6 Å². The third-order valence-corrected chi connectivity index (χ3v) is 8.35. The first-order valence-electron chi connectivity index (χ1n) is 14.9. The van der Waals surface area contributed by atoms with Crippen molar-refractivity contribution < 1.29 is 44.6 Å². The fraction of sp³-hybridized carbons (Fsp3) is 0.406. The van der Waals surface area contributed by atoms with Crippen molar-refractivity contribution in [3.8, 4) is 11.1 Å². The largest absolute Gasteiger partial charge is 0.416 e. The SMILES string of the molecule is CCC1CC(N(Cc2cc(C(F)(F)F)cc(C(F)(F)F)c2)c2ncc(-c3cnn(C)c3)cn2)CN1c1ccc(C(F)(F)F)cc1C(C)O. The quantitative estimate of drug-likeness (QED) is 0.189. The lowest BCUT2D eigenvalue weighted by Gasteiger charge is -2.31. The monoisotopic (exact) mass is 686 g/mol. The molecule has 0 spiro atoms. The van der Waals surface area contributed by atoms with Gasteiger partial charge < -0.3 is 14.9 Å². The van der Waals surface area contributed by atoms with Gasteiger partial charge in [0, 0.05) is 67.1 Å². The van der Waals surface area contributed by atoms with Crippen LogP contribution in [0.5, 0.6) is 0 Å². The smallest absolute Gasteiger partial charge is 0.389 e. The first-order chi connectivity index (χ1) is 22.3. The van der Waals surface area contributed by atoms with Crippen LogP contribution in [-0.4, -0.2) is 43.5 Å². The van der Waals surface area contributed by atoms with Gasteiger partial charge in [-0.2, -0.15) is 44.6 Å². The van der Waals surface area contributed by atoms with Gasteiger partial charge in [-0.15, -0.1) is 0 Å². The molecule has 1 aliphatic rings. The fourth-order valence-corrected chi connectivity index (χ4v) is 5.99. The van der Waals surface area contributed by atoms with E-state index >= 15 is 0 Å². The van der Waals surface area contributed by atoms with Gasteiger partial charge in [-0.05, 0) is 61.7 Å². The second-order valence-corrected chi connectivity index (χ2v) is 11.8. The third kappa shape index (κ3) is 7.53. The molecule has 1 fully saturated rings. The zero-order chi connectivity index (χ0) is 35.2. The molecule has 4 aromatic rings. The van der Waals surface area contributed by atoms with E-state index in [0.717, 1.165) is 12.1 Å². The molecular formula is C32H31F9N6O. The number of anilines is 2. The van der Waals surface area contributed by atoms with Gasteiger partial charge in [0.25, 0.3) is 0 Å². The minimum atomic E-state index is -5.06. The molecule has 1 aliphatic heterocycles. The van der Waals surface area contributed by atoms with Gasteiger partial charge >= 0.3 is 18.5 Å². The van der Waals surface area contributed by atoms with Crippen LogP contribution in [0, 0.1) is 0 Å². The molecule has 2 aromatic heterocycles. The topological polar surface area (TPSA) is 70.3 Å². The maximum Gasteiger partial charge on any atom is 0.416 e. The van der Waals surface area contributed by atoms with Gasteiger partial charge in [-0.3, -0.25) is 4.68 Å². The highest BCUT2D eigenvalue weighted by Crippen LogP contribution is 2.41. The Bertz CT molecular complexity index is 1700. The summed E-state index contributed by atoms with van der Waals surface area (Å²) >= 11 is 0. The first-order valence-corrected chi connectivity index (χ1v) is 14.9. The summed E-state index contributed by atoms with van der Waals surface area (Å²) in [6, 6.07) is 3.48. The number of hydrogen-bond donors (Lipinski definition) is 1. The summed E-state index contributed by atoms with van der Waals surface area (Å²) in [5.41, 5.74) is -2.57. The Morgan fingerprint density at radius 2 is 1.46 bits per heavy atom.